The zero-order chi connectivity index (χ0) is 13.1. The molecule has 3 nitrogen and oxygen atoms in total. The third-order valence-corrected chi connectivity index (χ3v) is 3.99. The summed E-state index contributed by atoms with van der Waals surface area (Å²) in [6.07, 6.45) is 6.25. The quantitative estimate of drug-likeness (QED) is 0.892. The van der Waals surface area contributed by atoms with Crippen molar-refractivity contribution in [3.8, 4) is 0 Å². The first-order valence-corrected chi connectivity index (χ1v) is 7.21. The summed E-state index contributed by atoms with van der Waals surface area (Å²) in [5, 5.41) is 4.60. The van der Waals surface area contributed by atoms with Gasteiger partial charge in [-0.2, -0.15) is 0 Å². The van der Waals surface area contributed by atoms with Crippen LogP contribution in [0.1, 0.15) is 24.8 Å². The van der Waals surface area contributed by atoms with Crippen molar-refractivity contribution in [2.24, 2.45) is 0 Å². The Hall–Kier alpha value is -1.32. The number of benzene rings is 1. The van der Waals surface area contributed by atoms with Crippen molar-refractivity contribution in [3.63, 3.8) is 0 Å². The fourth-order valence-corrected chi connectivity index (χ4v) is 2.98. The summed E-state index contributed by atoms with van der Waals surface area (Å²) in [4.78, 5) is 0. The summed E-state index contributed by atoms with van der Waals surface area (Å²) in [5.74, 6) is 0. The van der Waals surface area contributed by atoms with Gasteiger partial charge in [-0.05, 0) is 44.0 Å². The topological polar surface area (TPSA) is 26.2 Å². The third kappa shape index (κ3) is 2.67. The molecule has 19 heavy (non-hydrogen) atoms. The second-order valence-electron chi connectivity index (χ2n) is 5.31. The summed E-state index contributed by atoms with van der Waals surface area (Å²) >= 11 is 0. The molecule has 0 amide bonds. The fourth-order valence-electron chi connectivity index (χ4n) is 2.98. The molecule has 1 unspecified atom stereocenters. The van der Waals surface area contributed by atoms with E-state index in [1.165, 1.54) is 29.3 Å². The van der Waals surface area contributed by atoms with E-state index in [-0.39, 0.29) is 0 Å². The highest BCUT2D eigenvalue weighted by atomic mass is 16.5. The number of nitrogens with zero attached hydrogens (tertiary/aromatic N) is 1. The fraction of sp³-hybridized carbons (Fsp3) is 0.500. The number of nitrogens with one attached hydrogen (secondary N) is 1. The molecule has 1 aromatic heterocycles. The van der Waals surface area contributed by atoms with Crippen molar-refractivity contribution in [1.29, 1.82) is 0 Å². The Morgan fingerprint density at radius 1 is 1.37 bits per heavy atom. The molecule has 102 valence electrons. The lowest BCUT2D eigenvalue weighted by Crippen LogP contribution is -2.09. The Balaban J connectivity index is 1.78. The van der Waals surface area contributed by atoms with Gasteiger partial charge in [-0.1, -0.05) is 12.1 Å². The lowest BCUT2D eigenvalue weighted by atomic mass is 10.1. The van der Waals surface area contributed by atoms with Gasteiger partial charge in [0.25, 0.3) is 0 Å². The number of aromatic nitrogens is 1. The molecule has 1 N–H and O–H groups in total. The summed E-state index contributed by atoms with van der Waals surface area (Å²) in [5.41, 5.74) is 2.71. The van der Waals surface area contributed by atoms with Gasteiger partial charge >= 0.3 is 0 Å². The highest BCUT2D eigenvalue weighted by Crippen LogP contribution is 2.22. The molecule has 0 aliphatic carbocycles. The molecular weight excluding hydrogens is 236 g/mol. The molecule has 1 atom stereocenters. The third-order valence-electron chi connectivity index (χ3n) is 3.99. The van der Waals surface area contributed by atoms with Gasteiger partial charge in [0.1, 0.15) is 0 Å². The highest BCUT2D eigenvalue weighted by Gasteiger charge is 2.15. The normalized spacial score (nSPS) is 19.3. The lowest BCUT2D eigenvalue weighted by molar-refractivity contribution is 0.101. The Kier molecular flexibility index (Phi) is 3.85. The first kappa shape index (κ1) is 12.7. The predicted molar refractivity (Wildman–Crippen MR) is 78.3 cm³/mol. The van der Waals surface area contributed by atoms with Gasteiger partial charge in [0, 0.05) is 36.8 Å². The van der Waals surface area contributed by atoms with E-state index < -0.39 is 0 Å². The lowest BCUT2D eigenvalue weighted by Gasteiger charge is -2.11. The van der Waals surface area contributed by atoms with E-state index in [1.54, 1.807) is 0 Å². The minimum absolute atomic E-state index is 0.470. The average molecular weight is 258 g/mol. The summed E-state index contributed by atoms with van der Waals surface area (Å²) in [6.45, 7) is 2.92. The first-order chi connectivity index (χ1) is 9.38. The van der Waals surface area contributed by atoms with E-state index in [0.29, 0.717) is 6.10 Å². The standard InChI is InChI=1S/C16H22N2O/c1-17-12-13-4-2-6-16-15(13)8-10-18(16)9-7-14-5-3-11-19-14/h2,4,6,8,10,14,17H,3,5,7,9,11-12H2,1H3. The van der Waals surface area contributed by atoms with Crippen LogP contribution in [-0.4, -0.2) is 24.3 Å². The minimum atomic E-state index is 0.470. The van der Waals surface area contributed by atoms with Gasteiger partial charge in [-0.15, -0.1) is 0 Å². The van der Waals surface area contributed by atoms with Gasteiger partial charge < -0.3 is 14.6 Å². The van der Waals surface area contributed by atoms with Crippen LogP contribution in [0.3, 0.4) is 0 Å². The van der Waals surface area contributed by atoms with Crippen LogP contribution in [0.4, 0.5) is 0 Å². The summed E-state index contributed by atoms with van der Waals surface area (Å²) in [6, 6.07) is 8.79. The maximum Gasteiger partial charge on any atom is 0.0593 e. The van der Waals surface area contributed by atoms with Crippen LogP contribution < -0.4 is 5.32 Å². The van der Waals surface area contributed by atoms with E-state index in [1.807, 2.05) is 7.05 Å². The Bertz CT molecular complexity index is 541. The molecule has 1 aliphatic heterocycles. The Morgan fingerprint density at radius 3 is 3.11 bits per heavy atom. The number of rotatable bonds is 5. The Morgan fingerprint density at radius 2 is 2.32 bits per heavy atom. The molecular formula is C16H22N2O. The summed E-state index contributed by atoms with van der Waals surface area (Å²) < 4.78 is 8.06. The Labute approximate surface area is 114 Å². The molecule has 1 saturated heterocycles. The zero-order valence-corrected chi connectivity index (χ0v) is 11.6. The molecule has 2 heterocycles. The number of hydrogen-bond donors (Lipinski definition) is 1. The van der Waals surface area contributed by atoms with Crippen molar-refractivity contribution >= 4 is 10.9 Å². The molecule has 0 saturated carbocycles. The van der Waals surface area contributed by atoms with Crippen LogP contribution in [0.15, 0.2) is 30.5 Å². The first-order valence-electron chi connectivity index (χ1n) is 7.21. The van der Waals surface area contributed by atoms with Gasteiger partial charge in [-0.25, -0.2) is 0 Å². The number of aryl methyl sites for hydroxylation is 1. The van der Waals surface area contributed by atoms with Crippen LogP contribution in [0.25, 0.3) is 10.9 Å². The van der Waals surface area contributed by atoms with Gasteiger partial charge in [0.05, 0.1) is 6.10 Å². The largest absolute Gasteiger partial charge is 0.378 e. The van der Waals surface area contributed by atoms with E-state index >= 15 is 0 Å². The van der Waals surface area contributed by atoms with E-state index in [2.05, 4.69) is 40.3 Å². The molecule has 0 bridgehead atoms. The second-order valence-corrected chi connectivity index (χ2v) is 5.31. The second kappa shape index (κ2) is 5.76. The number of hydrogen-bond acceptors (Lipinski definition) is 2. The van der Waals surface area contributed by atoms with Gasteiger partial charge in [-0.3, -0.25) is 0 Å². The van der Waals surface area contributed by atoms with Gasteiger partial charge in [0.2, 0.25) is 0 Å². The van der Waals surface area contributed by atoms with Crippen molar-refractivity contribution < 1.29 is 4.74 Å². The van der Waals surface area contributed by atoms with Crippen LogP contribution in [0, 0.1) is 0 Å². The van der Waals surface area contributed by atoms with E-state index in [4.69, 9.17) is 4.74 Å². The maximum absolute atomic E-state index is 5.70. The molecule has 0 spiro atoms. The molecule has 2 aromatic rings. The monoisotopic (exact) mass is 258 g/mol. The van der Waals surface area contributed by atoms with Crippen molar-refractivity contribution in [2.45, 2.75) is 38.5 Å². The smallest absolute Gasteiger partial charge is 0.0593 e. The van der Waals surface area contributed by atoms with E-state index in [0.717, 1.165) is 26.1 Å². The minimum Gasteiger partial charge on any atom is -0.378 e. The van der Waals surface area contributed by atoms with E-state index in [9.17, 15) is 0 Å². The SMILES string of the molecule is CNCc1cccc2c1ccn2CCC1CCCO1. The average Bonchev–Trinajstić information content (AvgIpc) is 3.06. The number of fused-ring (bicyclic) bond motifs is 1. The van der Waals surface area contributed by atoms with Crippen molar-refractivity contribution in [3.05, 3.63) is 36.0 Å². The van der Waals surface area contributed by atoms with Crippen LogP contribution in [0.5, 0.6) is 0 Å². The zero-order valence-electron chi connectivity index (χ0n) is 11.6. The molecule has 3 heteroatoms. The van der Waals surface area contributed by atoms with Gasteiger partial charge in [0.15, 0.2) is 0 Å². The number of ether oxygens (including phenoxy) is 1. The predicted octanol–water partition coefficient (Wildman–Crippen LogP) is 2.93. The summed E-state index contributed by atoms with van der Waals surface area (Å²) in [7, 11) is 1.99. The highest BCUT2D eigenvalue weighted by molar-refractivity contribution is 5.83. The van der Waals surface area contributed by atoms with Crippen LogP contribution in [-0.2, 0) is 17.8 Å². The molecule has 3 rings (SSSR count). The van der Waals surface area contributed by atoms with Crippen molar-refractivity contribution in [2.75, 3.05) is 13.7 Å². The maximum atomic E-state index is 5.70. The van der Waals surface area contributed by atoms with Crippen LogP contribution in [0.2, 0.25) is 0 Å². The molecule has 1 aliphatic rings. The van der Waals surface area contributed by atoms with Crippen molar-refractivity contribution in [1.82, 2.24) is 9.88 Å². The molecule has 0 radical (unpaired) electrons. The molecule has 1 aromatic carbocycles. The molecule has 1 fully saturated rings. The van der Waals surface area contributed by atoms with Crippen LogP contribution >= 0.6 is 0 Å².